The van der Waals surface area contributed by atoms with Gasteiger partial charge < -0.3 is 33.0 Å². The molecule has 1 fully saturated rings. The fourth-order valence-electron chi connectivity index (χ4n) is 5.45. The summed E-state index contributed by atoms with van der Waals surface area (Å²) in [6.45, 7) is 2.14. The average Bonchev–Trinajstić information content (AvgIpc) is 3.47. The number of morpholine rings is 1. The van der Waals surface area contributed by atoms with Gasteiger partial charge in [-0.1, -0.05) is 36.4 Å². The van der Waals surface area contributed by atoms with Gasteiger partial charge in [0.2, 0.25) is 12.7 Å². The molecule has 9 nitrogen and oxygen atoms in total. The molecule has 4 aromatic rings. The molecule has 206 valence electrons. The molecule has 1 amide bonds. The Balaban J connectivity index is 1.60. The van der Waals surface area contributed by atoms with Crippen LogP contribution in [-0.4, -0.2) is 58.1 Å². The fraction of sp³-hybridized carbons (Fsp3) is 0.290. The first kappa shape index (κ1) is 25.8. The Morgan fingerprint density at radius 1 is 0.925 bits per heavy atom. The number of nitrogens with zero attached hydrogens (tertiary/aromatic N) is 1. The number of hydrogen-bond acceptors (Lipinski definition) is 8. The van der Waals surface area contributed by atoms with E-state index in [9.17, 15) is 9.59 Å². The summed E-state index contributed by atoms with van der Waals surface area (Å²) in [5, 5.41) is 0.619. The molecule has 1 atom stereocenters. The van der Waals surface area contributed by atoms with Crippen LogP contribution in [0.1, 0.15) is 23.5 Å². The Morgan fingerprint density at radius 3 is 2.42 bits per heavy atom. The number of hydrogen-bond donors (Lipinski definition) is 0. The van der Waals surface area contributed by atoms with E-state index in [2.05, 4.69) is 0 Å². The number of fused-ring (bicyclic) bond motifs is 2. The third kappa shape index (κ3) is 4.73. The largest absolute Gasteiger partial charge is 0.496 e. The van der Waals surface area contributed by atoms with E-state index in [1.54, 1.807) is 25.2 Å². The zero-order chi connectivity index (χ0) is 27.6. The highest BCUT2D eigenvalue weighted by Gasteiger charge is 2.32. The first-order valence-electron chi connectivity index (χ1n) is 13.1. The first-order chi connectivity index (χ1) is 19.6. The Morgan fingerprint density at radius 2 is 1.68 bits per heavy atom. The van der Waals surface area contributed by atoms with Crippen LogP contribution in [0.25, 0.3) is 22.1 Å². The van der Waals surface area contributed by atoms with Crippen molar-refractivity contribution in [3.05, 3.63) is 82.2 Å². The zero-order valence-electron chi connectivity index (χ0n) is 22.3. The lowest BCUT2D eigenvalue weighted by Gasteiger charge is -2.29. The lowest BCUT2D eigenvalue weighted by molar-refractivity contribution is -0.135. The highest BCUT2D eigenvalue weighted by molar-refractivity contribution is 6.01. The summed E-state index contributed by atoms with van der Waals surface area (Å²) >= 11 is 0. The van der Waals surface area contributed by atoms with Gasteiger partial charge in [0.1, 0.15) is 17.1 Å². The van der Waals surface area contributed by atoms with Crippen molar-refractivity contribution in [2.45, 2.75) is 12.3 Å². The van der Waals surface area contributed by atoms with E-state index in [0.29, 0.717) is 71.4 Å². The van der Waals surface area contributed by atoms with Gasteiger partial charge in [-0.15, -0.1) is 0 Å². The van der Waals surface area contributed by atoms with E-state index in [0.717, 1.165) is 11.1 Å². The fourth-order valence-corrected chi connectivity index (χ4v) is 5.45. The summed E-state index contributed by atoms with van der Waals surface area (Å²) in [5.74, 6) is 1.56. The second-order valence-corrected chi connectivity index (χ2v) is 9.61. The van der Waals surface area contributed by atoms with Crippen LogP contribution in [0.2, 0.25) is 0 Å². The first-order valence-corrected chi connectivity index (χ1v) is 13.1. The van der Waals surface area contributed by atoms with Gasteiger partial charge in [0.15, 0.2) is 11.5 Å². The minimum atomic E-state index is -0.539. The SMILES string of the molecule is COc1cc(OC)c2c(-c3ccccc3)cc(=O)oc2c1[C@H](CC(=O)N1CCOCC1)c1ccc2c(c1)OCO2. The molecule has 1 aromatic heterocycles. The van der Waals surface area contributed by atoms with Crippen LogP contribution < -0.4 is 24.6 Å². The van der Waals surface area contributed by atoms with Gasteiger partial charge in [0.05, 0.1) is 32.8 Å². The van der Waals surface area contributed by atoms with E-state index in [1.165, 1.54) is 6.07 Å². The number of amides is 1. The lowest BCUT2D eigenvalue weighted by atomic mass is 9.85. The molecule has 0 bridgehead atoms. The van der Waals surface area contributed by atoms with Crippen molar-refractivity contribution in [2.24, 2.45) is 0 Å². The van der Waals surface area contributed by atoms with Crippen molar-refractivity contribution in [3.8, 4) is 34.1 Å². The highest BCUT2D eigenvalue weighted by Crippen LogP contribution is 2.47. The van der Waals surface area contributed by atoms with Crippen molar-refractivity contribution < 1.29 is 32.9 Å². The smallest absolute Gasteiger partial charge is 0.336 e. The Labute approximate surface area is 230 Å². The van der Waals surface area contributed by atoms with Gasteiger partial charge in [-0.2, -0.15) is 0 Å². The second-order valence-electron chi connectivity index (χ2n) is 9.61. The molecule has 9 heteroatoms. The van der Waals surface area contributed by atoms with Gasteiger partial charge in [-0.25, -0.2) is 4.79 Å². The number of carbonyl (C=O) groups is 1. The molecule has 0 unspecified atom stereocenters. The molecular weight excluding hydrogens is 514 g/mol. The zero-order valence-corrected chi connectivity index (χ0v) is 22.3. The maximum Gasteiger partial charge on any atom is 0.336 e. The highest BCUT2D eigenvalue weighted by atomic mass is 16.7. The third-order valence-electron chi connectivity index (χ3n) is 7.39. The Bertz CT molecular complexity index is 1610. The van der Waals surface area contributed by atoms with Crippen LogP contribution in [0.4, 0.5) is 0 Å². The van der Waals surface area contributed by atoms with Crippen LogP contribution >= 0.6 is 0 Å². The summed E-state index contributed by atoms with van der Waals surface area (Å²) in [4.78, 5) is 28.5. The van der Waals surface area contributed by atoms with E-state index in [1.807, 2.05) is 48.5 Å². The monoisotopic (exact) mass is 543 g/mol. The van der Waals surface area contributed by atoms with E-state index >= 15 is 0 Å². The predicted octanol–water partition coefficient (Wildman–Crippen LogP) is 4.59. The normalized spacial score (nSPS) is 15.2. The quantitative estimate of drug-likeness (QED) is 0.313. The number of carbonyl (C=O) groups excluding carboxylic acids is 1. The van der Waals surface area contributed by atoms with Gasteiger partial charge in [-0.05, 0) is 23.3 Å². The molecule has 0 radical (unpaired) electrons. The second kappa shape index (κ2) is 10.9. The molecule has 0 N–H and O–H groups in total. The van der Waals surface area contributed by atoms with Crippen LogP contribution in [0, 0.1) is 0 Å². The molecule has 0 aliphatic carbocycles. The maximum atomic E-state index is 13.7. The average molecular weight is 544 g/mol. The van der Waals surface area contributed by atoms with Crippen molar-refractivity contribution >= 4 is 16.9 Å². The van der Waals surface area contributed by atoms with E-state index in [4.69, 9.17) is 28.1 Å². The molecule has 40 heavy (non-hydrogen) atoms. The molecule has 0 saturated carbocycles. The summed E-state index contributed by atoms with van der Waals surface area (Å²) < 4.78 is 34.2. The number of methoxy groups -OCH3 is 2. The third-order valence-corrected chi connectivity index (χ3v) is 7.39. The van der Waals surface area contributed by atoms with E-state index < -0.39 is 11.5 Å². The summed E-state index contributed by atoms with van der Waals surface area (Å²) in [6, 6.07) is 18.4. The van der Waals surface area contributed by atoms with Crippen LogP contribution in [0.15, 0.2) is 69.9 Å². The number of rotatable bonds is 7. The lowest BCUT2D eigenvalue weighted by Crippen LogP contribution is -2.41. The van der Waals surface area contributed by atoms with Crippen LogP contribution in [0.5, 0.6) is 23.0 Å². The minimum Gasteiger partial charge on any atom is -0.496 e. The van der Waals surface area contributed by atoms with Crippen molar-refractivity contribution in [1.82, 2.24) is 4.90 Å². The standard InChI is InChI=1S/C31H29NO8/c1-35-25-17-26(36-2)30-22(19-6-4-3-5-7-19)16-28(34)40-31(30)29(25)21(15-27(33)32-10-12-37-13-11-32)20-8-9-23-24(14-20)39-18-38-23/h3-9,14,16-17,21H,10-13,15,18H2,1-2H3/t21-/m1/s1. The molecule has 6 rings (SSSR count). The van der Waals surface area contributed by atoms with Crippen molar-refractivity contribution in [3.63, 3.8) is 0 Å². The maximum absolute atomic E-state index is 13.7. The molecule has 2 aliphatic heterocycles. The molecular formula is C31H29NO8. The number of benzene rings is 3. The van der Waals surface area contributed by atoms with Crippen molar-refractivity contribution in [1.29, 1.82) is 0 Å². The van der Waals surface area contributed by atoms with Gasteiger partial charge in [0.25, 0.3) is 0 Å². The van der Waals surface area contributed by atoms with Crippen LogP contribution in [0.3, 0.4) is 0 Å². The predicted molar refractivity (Wildman–Crippen MR) is 147 cm³/mol. The molecule has 1 saturated heterocycles. The summed E-state index contributed by atoms with van der Waals surface area (Å²) in [6.07, 6.45) is 0.108. The van der Waals surface area contributed by atoms with Gasteiger partial charge in [0, 0.05) is 48.7 Å². The topological polar surface area (TPSA) is 96.7 Å². The Hall–Kier alpha value is -4.50. The van der Waals surface area contributed by atoms with Gasteiger partial charge in [-0.3, -0.25) is 4.79 Å². The van der Waals surface area contributed by atoms with Crippen molar-refractivity contribution in [2.75, 3.05) is 47.3 Å². The van der Waals surface area contributed by atoms with Gasteiger partial charge >= 0.3 is 5.63 Å². The van der Waals surface area contributed by atoms with E-state index in [-0.39, 0.29) is 19.1 Å². The minimum absolute atomic E-state index is 0.0430. The van der Waals surface area contributed by atoms with Crippen LogP contribution in [-0.2, 0) is 9.53 Å². The summed E-state index contributed by atoms with van der Waals surface area (Å²) in [5.41, 5.74) is 2.65. The summed E-state index contributed by atoms with van der Waals surface area (Å²) in [7, 11) is 3.11. The molecule has 3 heterocycles. The molecule has 0 spiro atoms. The Kier molecular flexibility index (Phi) is 7.04. The number of ether oxygens (including phenoxy) is 5. The molecule has 2 aliphatic rings. The molecule has 3 aromatic carbocycles.